The average Bonchev–Trinajstić information content (AvgIpc) is 2.63. The minimum absolute atomic E-state index is 0.917. The van der Waals surface area contributed by atoms with Crippen LogP contribution < -0.4 is 0 Å². The fourth-order valence-corrected chi connectivity index (χ4v) is 3.58. The Morgan fingerprint density at radius 1 is 1.08 bits per heavy atom. The molecule has 0 saturated carbocycles. The number of fused-ring (bicyclic) bond motifs is 1. The monoisotopic (exact) mass is 332 g/mol. The molecule has 0 saturated heterocycles. The molecule has 2 nitrogen and oxygen atoms in total. The number of hydrogen-bond acceptors (Lipinski definition) is 1. The predicted molar refractivity (Wildman–Crippen MR) is 103 cm³/mol. The van der Waals surface area contributed by atoms with Crippen molar-refractivity contribution in [3.63, 3.8) is 0 Å². The van der Waals surface area contributed by atoms with Crippen molar-refractivity contribution in [2.24, 2.45) is 0 Å². The van der Waals surface area contributed by atoms with E-state index in [0.29, 0.717) is 0 Å². The molecular formula is C23H24O2. The summed E-state index contributed by atoms with van der Waals surface area (Å²) < 4.78 is 0. The lowest BCUT2D eigenvalue weighted by molar-refractivity contribution is -0.131. The topological polar surface area (TPSA) is 37.3 Å². The molecule has 128 valence electrons. The maximum atomic E-state index is 10.6. The van der Waals surface area contributed by atoms with Crippen molar-refractivity contribution in [2.75, 3.05) is 0 Å². The molecule has 0 unspecified atom stereocenters. The summed E-state index contributed by atoms with van der Waals surface area (Å²) in [4.78, 5) is 10.6. The van der Waals surface area contributed by atoms with E-state index >= 15 is 0 Å². The number of carboxylic acids is 1. The molecule has 1 N–H and O–H groups in total. The molecule has 0 bridgehead atoms. The molecule has 1 aliphatic rings. The first-order valence-corrected chi connectivity index (χ1v) is 8.96. The van der Waals surface area contributed by atoms with Crippen LogP contribution in [0.15, 0.2) is 60.2 Å². The fraction of sp³-hybridized carbons (Fsp3) is 0.261. The largest absolute Gasteiger partial charge is 0.478 e. The molecule has 0 radical (unpaired) electrons. The third-order valence-corrected chi connectivity index (χ3v) is 4.78. The van der Waals surface area contributed by atoms with Gasteiger partial charge in [0.05, 0.1) is 0 Å². The molecule has 3 rings (SSSR count). The Labute approximate surface area is 149 Å². The summed E-state index contributed by atoms with van der Waals surface area (Å²) in [6.45, 7) is 2.24. The summed E-state index contributed by atoms with van der Waals surface area (Å²) in [6, 6.07) is 17.0. The van der Waals surface area contributed by atoms with E-state index in [2.05, 4.69) is 43.3 Å². The maximum absolute atomic E-state index is 10.6. The lowest BCUT2D eigenvalue weighted by Gasteiger charge is -2.24. The van der Waals surface area contributed by atoms with Crippen LogP contribution >= 0.6 is 0 Å². The van der Waals surface area contributed by atoms with E-state index in [1.165, 1.54) is 28.3 Å². The SMILES string of the molecule is CCCC1=C(Cc2ccc(/C=C/C(=O)O)cc2)CCc2ccccc21. The number of carbonyl (C=O) groups is 1. The normalized spacial score (nSPS) is 14.0. The Balaban J connectivity index is 1.84. The minimum atomic E-state index is -0.917. The van der Waals surface area contributed by atoms with Gasteiger partial charge >= 0.3 is 5.97 Å². The highest BCUT2D eigenvalue weighted by Crippen LogP contribution is 2.35. The van der Waals surface area contributed by atoms with E-state index in [0.717, 1.165) is 37.7 Å². The van der Waals surface area contributed by atoms with Crippen molar-refractivity contribution < 1.29 is 9.90 Å². The Morgan fingerprint density at radius 2 is 1.84 bits per heavy atom. The van der Waals surface area contributed by atoms with Gasteiger partial charge < -0.3 is 5.11 Å². The van der Waals surface area contributed by atoms with Crippen LogP contribution in [0.2, 0.25) is 0 Å². The quantitative estimate of drug-likeness (QED) is 0.706. The maximum Gasteiger partial charge on any atom is 0.328 e. The summed E-state index contributed by atoms with van der Waals surface area (Å²) in [5.41, 5.74) is 8.20. The lowest BCUT2D eigenvalue weighted by Crippen LogP contribution is -2.07. The van der Waals surface area contributed by atoms with Gasteiger partial charge in [0.25, 0.3) is 0 Å². The first-order chi connectivity index (χ1) is 12.2. The Morgan fingerprint density at radius 3 is 2.56 bits per heavy atom. The standard InChI is InChI=1S/C23H24O2/c1-2-5-21-20(14-13-19-6-3-4-7-22(19)21)16-18-10-8-17(9-11-18)12-15-23(24)25/h3-4,6-12,15H,2,5,13-14,16H2,1H3,(H,24,25)/b15-12+. The van der Waals surface area contributed by atoms with Gasteiger partial charge in [-0.25, -0.2) is 4.79 Å². The van der Waals surface area contributed by atoms with Crippen LogP contribution in [0.5, 0.6) is 0 Å². The average molecular weight is 332 g/mol. The van der Waals surface area contributed by atoms with Crippen LogP contribution in [0.25, 0.3) is 11.6 Å². The summed E-state index contributed by atoms with van der Waals surface area (Å²) >= 11 is 0. The van der Waals surface area contributed by atoms with Gasteiger partial charge in [0.1, 0.15) is 0 Å². The molecule has 2 aromatic carbocycles. The first-order valence-electron chi connectivity index (χ1n) is 8.96. The molecule has 25 heavy (non-hydrogen) atoms. The molecule has 0 aromatic heterocycles. The number of hydrogen-bond donors (Lipinski definition) is 1. The first kappa shape index (κ1) is 17.2. The molecule has 2 heteroatoms. The second-order valence-corrected chi connectivity index (χ2v) is 6.58. The van der Waals surface area contributed by atoms with E-state index in [1.807, 2.05) is 12.1 Å². The van der Waals surface area contributed by atoms with Crippen LogP contribution in [-0.4, -0.2) is 11.1 Å². The Hall–Kier alpha value is -2.61. The summed E-state index contributed by atoms with van der Waals surface area (Å²) in [6.07, 6.45) is 8.33. The van der Waals surface area contributed by atoms with Gasteiger partial charge in [-0.2, -0.15) is 0 Å². The zero-order chi connectivity index (χ0) is 17.6. The van der Waals surface area contributed by atoms with Gasteiger partial charge in [0.2, 0.25) is 0 Å². The van der Waals surface area contributed by atoms with Crippen molar-refractivity contribution in [3.05, 3.63) is 82.4 Å². The van der Waals surface area contributed by atoms with E-state index < -0.39 is 5.97 Å². The number of aryl methyl sites for hydroxylation is 1. The smallest absolute Gasteiger partial charge is 0.328 e. The number of aliphatic carboxylic acids is 1. The van der Waals surface area contributed by atoms with E-state index in [-0.39, 0.29) is 0 Å². The summed E-state index contributed by atoms with van der Waals surface area (Å²) in [7, 11) is 0. The van der Waals surface area contributed by atoms with Crippen LogP contribution in [0.1, 0.15) is 48.4 Å². The van der Waals surface area contributed by atoms with Gasteiger partial charge in [-0.15, -0.1) is 0 Å². The van der Waals surface area contributed by atoms with Crippen molar-refractivity contribution >= 4 is 17.6 Å². The van der Waals surface area contributed by atoms with Crippen LogP contribution in [-0.2, 0) is 17.6 Å². The zero-order valence-corrected chi connectivity index (χ0v) is 14.7. The molecule has 0 aliphatic heterocycles. The molecule has 1 aliphatic carbocycles. The van der Waals surface area contributed by atoms with E-state index in [9.17, 15) is 4.79 Å². The van der Waals surface area contributed by atoms with Crippen LogP contribution in [0, 0.1) is 0 Å². The summed E-state index contributed by atoms with van der Waals surface area (Å²) in [5.74, 6) is -0.917. The Bertz CT molecular complexity index is 810. The van der Waals surface area contributed by atoms with Gasteiger partial charge in [-0.1, -0.05) is 67.4 Å². The van der Waals surface area contributed by atoms with Crippen molar-refractivity contribution in [2.45, 2.75) is 39.0 Å². The molecule has 0 spiro atoms. The highest BCUT2D eigenvalue weighted by molar-refractivity contribution is 5.85. The number of allylic oxidation sites excluding steroid dienone is 2. The van der Waals surface area contributed by atoms with E-state index in [1.54, 1.807) is 11.6 Å². The molecule has 0 fully saturated rings. The van der Waals surface area contributed by atoms with Crippen molar-refractivity contribution in [1.29, 1.82) is 0 Å². The van der Waals surface area contributed by atoms with Crippen LogP contribution in [0.4, 0.5) is 0 Å². The highest BCUT2D eigenvalue weighted by Gasteiger charge is 2.18. The number of carboxylic acid groups (broad SMARTS) is 1. The van der Waals surface area contributed by atoms with E-state index in [4.69, 9.17) is 5.11 Å². The third kappa shape index (κ3) is 4.27. The Kier molecular flexibility index (Phi) is 5.49. The third-order valence-electron chi connectivity index (χ3n) is 4.78. The molecule has 0 amide bonds. The lowest BCUT2D eigenvalue weighted by atomic mass is 9.81. The second-order valence-electron chi connectivity index (χ2n) is 6.58. The van der Waals surface area contributed by atoms with Gasteiger partial charge in [-0.05, 0) is 59.6 Å². The van der Waals surface area contributed by atoms with Gasteiger partial charge in [-0.3, -0.25) is 0 Å². The number of benzene rings is 2. The predicted octanol–water partition coefficient (Wildman–Crippen LogP) is 5.53. The number of rotatable bonds is 6. The van der Waals surface area contributed by atoms with Crippen LogP contribution in [0.3, 0.4) is 0 Å². The molecule has 0 heterocycles. The molecular weight excluding hydrogens is 308 g/mol. The zero-order valence-electron chi connectivity index (χ0n) is 14.7. The highest BCUT2D eigenvalue weighted by atomic mass is 16.4. The minimum Gasteiger partial charge on any atom is -0.478 e. The second kappa shape index (κ2) is 7.98. The molecule has 0 atom stereocenters. The van der Waals surface area contributed by atoms with Crippen molar-refractivity contribution in [3.8, 4) is 0 Å². The molecule has 2 aromatic rings. The summed E-state index contributed by atoms with van der Waals surface area (Å²) in [5, 5.41) is 8.71. The van der Waals surface area contributed by atoms with Gasteiger partial charge in [0, 0.05) is 6.08 Å². The fourth-order valence-electron chi connectivity index (χ4n) is 3.58. The van der Waals surface area contributed by atoms with Gasteiger partial charge in [0.15, 0.2) is 0 Å². The van der Waals surface area contributed by atoms with Crippen molar-refractivity contribution in [1.82, 2.24) is 0 Å².